The van der Waals surface area contributed by atoms with Gasteiger partial charge in [0.1, 0.15) is 6.10 Å². The van der Waals surface area contributed by atoms with E-state index in [1.165, 1.54) is 25.7 Å². The summed E-state index contributed by atoms with van der Waals surface area (Å²) in [6, 6.07) is 0.395. The van der Waals surface area contributed by atoms with Crippen LogP contribution in [0.25, 0.3) is 0 Å². The number of hydrogen-bond donors (Lipinski definition) is 1. The Hall–Kier alpha value is -0.730. The summed E-state index contributed by atoms with van der Waals surface area (Å²) >= 11 is 0. The van der Waals surface area contributed by atoms with Gasteiger partial charge in [0.25, 0.3) is 0 Å². The maximum atomic E-state index is 11.4. The van der Waals surface area contributed by atoms with Crippen LogP contribution in [-0.4, -0.2) is 18.2 Å². The van der Waals surface area contributed by atoms with Crippen molar-refractivity contribution in [2.75, 3.05) is 0 Å². The molecule has 1 N–H and O–H groups in total. The SMILES string of the molecule is O=C(NC1CCC1)OC1CCCCC1. The zero-order valence-electron chi connectivity index (χ0n) is 8.63. The molecule has 0 aromatic rings. The van der Waals surface area contributed by atoms with Gasteiger partial charge in [-0.25, -0.2) is 4.79 Å². The van der Waals surface area contributed by atoms with Gasteiger partial charge >= 0.3 is 6.09 Å². The fraction of sp³-hybridized carbons (Fsp3) is 0.909. The second-order valence-corrected chi connectivity index (χ2v) is 4.44. The Morgan fingerprint density at radius 2 is 1.71 bits per heavy atom. The molecule has 0 atom stereocenters. The van der Waals surface area contributed by atoms with Crippen molar-refractivity contribution in [3.05, 3.63) is 0 Å². The first-order chi connectivity index (χ1) is 6.84. The van der Waals surface area contributed by atoms with Gasteiger partial charge in [-0.1, -0.05) is 6.42 Å². The number of alkyl carbamates (subject to hydrolysis) is 1. The molecule has 3 heteroatoms. The third-order valence-corrected chi connectivity index (χ3v) is 3.25. The highest BCUT2D eigenvalue weighted by molar-refractivity contribution is 5.67. The topological polar surface area (TPSA) is 38.3 Å². The van der Waals surface area contributed by atoms with E-state index in [1.807, 2.05) is 0 Å². The van der Waals surface area contributed by atoms with Crippen molar-refractivity contribution in [3.63, 3.8) is 0 Å². The van der Waals surface area contributed by atoms with Crippen LogP contribution in [0.4, 0.5) is 4.79 Å². The van der Waals surface area contributed by atoms with Crippen LogP contribution in [0.1, 0.15) is 51.4 Å². The smallest absolute Gasteiger partial charge is 0.407 e. The van der Waals surface area contributed by atoms with E-state index in [0.717, 1.165) is 25.7 Å². The second-order valence-electron chi connectivity index (χ2n) is 4.44. The van der Waals surface area contributed by atoms with Gasteiger partial charge in [-0.15, -0.1) is 0 Å². The molecule has 0 saturated heterocycles. The summed E-state index contributed by atoms with van der Waals surface area (Å²) in [5.41, 5.74) is 0. The highest BCUT2D eigenvalue weighted by Gasteiger charge is 2.22. The Labute approximate surface area is 85.2 Å². The van der Waals surface area contributed by atoms with Crippen molar-refractivity contribution < 1.29 is 9.53 Å². The first-order valence-corrected chi connectivity index (χ1v) is 5.82. The minimum absolute atomic E-state index is 0.184. The lowest BCUT2D eigenvalue weighted by molar-refractivity contribution is 0.0700. The van der Waals surface area contributed by atoms with Crippen LogP contribution in [0.2, 0.25) is 0 Å². The third-order valence-electron chi connectivity index (χ3n) is 3.25. The van der Waals surface area contributed by atoms with Gasteiger partial charge in [0.15, 0.2) is 0 Å². The monoisotopic (exact) mass is 197 g/mol. The van der Waals surface area contributed by atoms with Crippen LogP contribution < -0.4 is 5.32 Å². The van der Waals surface area contributed by atoms with Gasteiger partial charge < -0.3 is 10.1 Å². The van der Waals surface area contributed by atoms with E-state index in [0.29, 0.717) is 6.04 Å². The summed E-state index contributed by atoms with van der Waals surface area (Å²) in [7, 11) is 0. The Morgan fingerprint density at radius 1 is 1.00 bits per heavy atom. The molecule has 0 bridgehead atoms. The van der Waals surface area contributed by atoms with E-state index < -0.39 is 0 Å². The lowest BCUT2D eigenvalue weighted by Gasteiger charge is -2.28. The van der Waals surface area contributed by atoms with Crippen LogP contribution in [0.3, 0.4) is 0 Å². The Kier molecular flexibility index (Phi) is 3.27. The zero-order chi connectivity index (χ0) is 9.80. The van der Waals surface area contributed by atoms with Crippen LogP contribution in [-0.2, 0) is 4.74 Å². The molecule has 0 aromatic carbocycles. The first kappa shape index (κ1) is 9.81. The van der Waals surface area contributed by atoms with Crippen LogP contribution >= 0.6 is 0 Å². The molecule has 80 valence electrons. The molecule has 14 heavy (non-hydrogen) atoms. The number of amides is 1. The van der Waals surface area contributed by atoms with Gasteiger partial charge in [0.2, 0.25) is 0 Å². The molecular weight excluding hydrogens is 178 g/mol. The maximum absolute atomic E-state index is 11.4. The third kappa shape index (κ3) is 2.63. The molecule has 0 spiro atoms. The normalized spacial score (nSPS) is 24.0. The molecule has 2 saturated carbocycles. The minimum atomic E-state index is -0.193. The van der Waals surface area contributed by atoms with Crippen molar-refractivity contribution in [2.24, 2.45) is 0 Å². The molecule has 0 aromatic heterocycles. The minimum Gasteiger partial charge on any atom is -0.446 e. The van der Waals surface area contributed by atoms with Crippen LogP contribution in [0.15, 0.2) is 0 Å². The van der Waals surface area contributed by atoms with Crippen molar-refractivity contribution >= 4 is 6.09 Å². The van der Waals surface area contributed by atoms with Crippen molar-refractivity contribution in [1.82, 2.24) is 5.32 Å². The highest BCUT2D eigenvalue weighted by Crippen LogP contribution is 2.21. The van der Waals surface area contributed by atoms with Crippen molar-refractivity contribution in [3.8, 4) is 0 Å². The van der Waals surface area contributed by atoms with E-state index in [9.17, 15) is 4.79 Å². The number of carbonyl (C=O) groups is 1. The summed E-state index contributed by atoms with van der Waals surface area (Å²) in [4.78, 5) is 11.4. The molecule has 0 unspecified atom stereocenters. The zero-order valence-corrected chi connectivity index (χ0v) is 8.63. The standard InChI is InChI=1S/C11H19NO2/c13-11(12-9-5-4-6-9)14-10-7-2-1-3-8-10/h9-10H,1-8H2,(H,12,13). The molecule has 2 aliphatic rings. The Balaban J connectivity index is 1.64. The van der Waals surface area contributed by atoms with Crippen LogP contribution in [0.5, 0.6) is 0 Å². The number of ether oxygens (including phenoxy) is 1. The predicted molar refractivity (Wildman–Crippen MR) is 54.1 cm³/mol. The highest BCUT2D eigenvalue weighted by atomic mass is 16.6. The van der Waals surface area contributed by atoms with Gasteiger partial charge in [-0.3, -0.25) is 0 Å². The molecular formula is C11H19NO2. The summed E-state index contributed by atoms with van der Waals surface area (Å²) in [6.07, 6.45) is 9.31. The lowest BCUT2D eigenvalue weighted by Crippen LogP contribution is -2.41. The van der Waals surface area contributed by atoms with Gasteiger partial charge in [-0.2, -0.15) is 0 Å². The Morgan fingerprint density at radius 3 is 2.29 bits per heavy atom. The van der Waals surface area contributed by atoms with E-state index in [4.69, 9.17) is 4.74 Å². The van der Waals surface area contributed by atoms with E-state index >= 15 is 0 Å². The largest absolute Gasteiger partial charge is 0.446 e. The van der Waals surface area contributed by atoms with E-state index in [1.54, 1.807) is 0 Å². The predicted octanol–water partition coefficient (Wildman–Crippen LogP) is 2.60. The van der Waals surface area contributed by atoms with Crippen LogP contribution in [0, 0.1) is 0 Å². The summed E-state index contributed by atoms with van der Waals surface area (Å²) in [6.45, 7) is 0. The van der Waals surface area contributed by atoms with E-state index in [-0.39, 0.29) is 12.2 Å². The van der Waals surface area contributed by atoms with Gasteiger partial charge in [0, 0.05) is 6.04 Å². The molecule has 2 aliphatic carbocycles. The van der Waals surface area contributed by atoms with Crippen molar-refractivity contribution in [1.29, 1.82) is 0 Å². The summed E-state index contributed by atoms with van der Waals surface area (Å²) in [5, 5.41) is 2.90. The number of nitrogens with one attached hydrogen (secondary N) is 1. The first-order valence-electron chi connectivity index (χ1n) is 5.82. The molecule has 2 rings (SSSR count). The second kappa shape index (κ2) is 4.67. The van der Waals surface area contributed by atoms with E-state index in [2.05, 4.69) is 5.32 Å². The molecule has 2 fully saturated rings. The Bertz CT molecular complexity index is 195. The fourth-order valence-corrected chi connectivity index (χ4v) is 2.09. The number of hydrogen-bond acceptors (Lipinski definition) is 2. The average Bonchev–Trinajstić information content (AvgIpc) is 2.13. The molecule has 0 radical (unpaired) electrons. The fourth-order valence-electron chi connectivity index (χ4n) is 2.09. The van der Waals surface area contributed by atoms with Gasteiger partial charge in [-0.05, 0) is 44.9 Å². The number of rotatable bonds is 2. The molecule has 3 nitrogen and oxygen atoms in total. The quantitative estimate of drug-likeness (QED) is 0.739. The maximum Gasteiger partial charge on any atom is 0.407 e. The summed E-state index contributed by atoms with van der Waals surface area (Å²) in [5.74, 6) is 0. The summed E-state index contributed by atoms with van der Waals surface area (Å²) < 4.78 is 5.35. The molecule has 0 heterocycles. The molecule has 0 aliphatic heterocycles. The number of carbonyl (C=O) groups excluding carboxylic acids is 1. The average molecular weight is 197 g/mol. The van der Waals surface area contributed by atoms with Gasteiger partial charge in [0.05, 0.1) is 0 Å². The lowest BCUT2D eigenvalue weighted by atomic mass is 9.93. The van der Waals surface area contributed by atoms with Crippen molar-refractivity contribution in [2.45, 2.75) is 63.5 Å². The molecule has 1 amide bonds.